The fraction of sp³-hybridized carbons (Fsp3) is 0.368. The second-order valence-electron chi connectivity index (χ2n) is 7.07. The Morgan fingerprint density at radius 3 is 2.62 bits per heavy atom. The maximum atomic E-state index is 12.9. The first kappa shape index (κ1) is 16.3. The van der Waals surface area contributed by atoms with Crippen LogP contribution in [-0.4, -0.2) is 19.6 Å². The van der Waals surface area contributed by atoms with Gasteiger partial charge in [-0.1, -0.05) is 39.0 Å². The van der Waals surface area contributed by atoms with E-state index < -0.39 is 0 Å². The number of amides is 1. The van der Waals surface area contributed by atoms with Crippen LogP contribution in [0.5, 0.6) is 5.75 Å². The van der Waals surface area contributed by atoms with Gasteiger partial charge in [0.15, 0.2) is 5.76 Å². The third-order valence-corrected chi connectivity index (χ3v) is 4.49. The fourth-order valence-electron chi connectivity index (χ4n) is 3.13. The molecule has 0 spiro atoms. The highest BCUT2D eigenvalue weighted by atomic mass is 16.5. The van der Waals surface area contributed by atoms with Crippen LogP contribution < -0.4 is 15.1 Å². The van der Waals surface area contributed by atoms with Gasteiger partial charge >= 0.3 is 0 Å². The van der Waals surface area contributed by atoms with Crippen molar-refractivity contribution in [3.05, 3.63) is 58.1 Å². The molecule has 1 atom stereocenters. The number of para-hydroxylation sites is 1. The zero-order valence-electron chi connectivity index (χ0n) is 14.3. The molecule has 2 heterocycles. The van der Waals surface area contributed by atoms with Crippen LogP contribution in [0.1, 0.15) is 42.8 Å². The van der Waals surface area contributed by atoms with E-state index in [4.69, 9.17) is 9.15 Å². The van der Waals surface area contributed by atoms with E-state index in [1.165, 1.54) is 19.4 Å². The zero-order valence-corrected chi connectivity index (χ0v) is 14.3. The molecule has 5 heteroatoms. The molecule has 0 aliphatic carbocycles. The highest BCUT2D eigenvalue weighted by Gasteiger charge is 2.39. The van der Waals surface area contributed by atoms with Crippen LogP contribution >= 0.6 is 0 Å². The topological polar surface area (TPSA) is 59.8 Å². The third-order valence-electron chi connectivity index (χ3n) is 4.49. The largest absolute Gasteiger partial charge is 0.490 e. The molecule has 1 unspecified atom stereocenters. The Labute approximate surface area is 140 Å². The van der Waals surface area contributed by atoms with Crippen molar-refractivity contribution in [2.24, 2.45) is 5.41 Å². The van der Waals surface area contributed by atoms with Crippen LogP contribution in [0, 0.1) is 5.41 Å². The van der Waals surface area contributed by atoms with Gasteiger partial charge in [-0.2, -0.15) is 0 Å². The lowest BCUT2D eigenvalue weighted by Crippen LogP contribution is -2.32. The number of rotatable bonds is 2. The van der Waals surface area contributed by atoms with E-state index in [9.17, 15) is 9.59 Å². The third kappa shape index (κ3) is 2.70. The maximum absolute atomic E-state index is 12.9. The minimum atomic E-state index is -0.369. The van der Waals surface area contributed by atoms with Gasteiger partial charge in [0.1, 0.15) is 6.26 Å². The van der Waals surface area contributed by atoms with Gasteiger partial charge in [0.05, 0.1) is 7.11 Å². The van der Waals surface area contributed by atoms with E-state index in [1.807, 2.05) is 18.2 Å². The standard InChI is InChI=1S/C19H21NO4/c1-19(2,3)13-10-20(14-8-6-5-7-12(13)14)18(22)16-9-15(21)17(23-4)11-24-16/h5-9,11,13H,10H2,1-4H3. The van der Waals surface area contributed by atoms with E-state index in [0.29, 0.717) is 6.54 Å². The minimum Gasteiger partial charge on any atom is -0.490 e. The lowest BCUT2D eigenvalue weighted by atomic mass is 9.78. The molecule has 0 N–H and O–H groups in total. The Morgan fingerprint density at radius 1 is 1.29 bits per heavy atom. The average Bonchev–Trinajstić information content (AvgIpc) is 2.94. The summed E-state index contributed by atoms with van der Waals surface area (Å²) in [6, 6.07) is 9.07. The van der Waals surface area contributed by atoms with Crippen LogP contribution in [0.25, 0.3) is 0 Å². The first-order chi connectivity index (χ1) is 11.3. The second-order valence-corrected chi connectivity index (χ2v) is 7.07. The SMILES string of the molecule is COc1coc(C(=O)N2CC(C(C)(C)C)c3ccccc32)cc1=O. The van der Waals surface area contributed by atoms with Crippen molar-refractivity contribution in [2.45, 2.75) is 26.7 Å². The normalized spacial score (nSPS) is 16.8. The van der Waals surface area contributed by atoms with Gasteiger partial charge in [0, 0.05) is 24.2 Å². The molecule has 0 saturated heterocycles. The molecule has 3 rings (SSSR count). The van der Waals surface area contributed by atoms with E-state index in [1.54, 1.807) is 4.90 Å². The Bertz CT molecular complexity index is 832. The number of hydrogen-bond acceptors (Lipinski definition) is 4. The molecule has 1 aromatic heterocycles. The van der Waals surface area contributed by atoms with Crippen molar-refractivity contribution < 1.29 is 13.9 Å². The molecule has 1 aromatic carbocycles. The van der Waals surface area contributed by atoms with Crippen molar-refractivity contribution in [3.8, 4) is 5.75 Å². The Morgan fingerprint density at radius 2 is 2.00 bits per heavy atom. The van der Waals surface area contributed by atoms with E-state index in [2.05, 4.69) is 26.8 Å². The number of anilines is 1. The summed E-state index contributed by atoms with van der Waals surface area (Å²) in [7, 11) is 1.39. The van der Waals surface area contributed by atoms with Gasteiger partial charge in [0.25, 0.3) is 5.91 Å². The Kier molecular flexibility index (Phi) is 3.95. The summed E-state index contributed by atoms with van der Waals surface area (Å²) in [4.78, 5) is 26.5. The number of ether oxygens (including phenoxy) is 1. The molecule has 0 fully saturated rings. The number of benzene rings is 1. The highest BCUT2D eigenvalue weighted by molar-refractivity contribution is 6.05. The molecule has 0 radical (unpaired) electrons. The summed E-state index contributed by atoms with van der Waals surface area (Å²) < 4.78 is 10.2. The minimum absolute atomic E-state index is 0.0187. The van der Waals surface area contributed by atoms with Gasteiger partial charge in [-0.25, -0.2) is 0 Å². The first-order valence-corrected chi connectivity index (χ1v) is 7.90. The molecule has 1 aliphatic rings. The van der Waals surface area contributed by atoms with E-state index >= 15 is 0 Å². The van der Waals surface area contributed by atoms with Gasteiger partial charge < -0.3 is 14.1 Å². The monoisotopic (exact) mass is 327 g/mol. The maximum Gasteiger partial charge on any atom is 0.294 e. The molecule has 0 saturated carbocycles. The molecule has 2 aromatic rings. The summed E-state index contributed by atoms with van der Waals surface area (Å²) in [6.07, 6.45) is 1.18. The molecule has 0 bridgehead atoms. The smallest absolute Gasteiger partial charge is 0.294 e. The molecule has 126 valence electrons. The fourth-order valence-corrected chi connectivity index (χ4v) is 3.13. The van der Waals surface area contributed by atoms with E-state index in [-0.39, 0.29) is 34.2 Å². The summed E-state index contributed by atoms with van der Waals surface area (Å²) in [5, 5.41) is 0. The molecular weight excluding hydrogens is 306 g/mol. The van der Waals surface area contributed by atoms with Gasteiger partial charge in [-0.3, -0.25) is 9.59 Å². The predicted octanol–water partition coefficient (Wildman–Crippen LogP) is 3.44. The van der Waals surface area contributed by atoms with Crippen molar-refractivity contribution in [1.82, 2.24) is 0 Å². The summed E-state index contributed by atoms with van der Waals surface area (Å²) >= 11 is 0. The van der Waals surface area contributed by atoms with Crippen LogP contribution in [0.3, 0.4) is 0 Å². The van der Waals surface area contributed by atoms with Gasteiger partial charge in [0.2, 0.25) is 11.2 Å². The van der Waals surface area contributed by atoms with Crippen LogP contribution in [0.4, 0.5) is 5.69 Å². The van der Waals surface area contributed by atoms with Crippen LogP contribution in [0.15, 0.2) is 45.8 Å². The molecule has 1 amide bonds. The average molecular weight is 327 g/mol. The summed E-state index contributed by atoms with van der Waals surface area (Å²) in [5.41, 5.74) is 1.67. The molecule has 1 aliphatic heterocycles. The van der Waals surface area contributed by atoms with Gasteiger partial charge in [-0.05, 0) is 17.0 Å². The van der Waals surface area contributed by atoms with Crippen molar-refractivity contribution in [3.63, 3.8) is 0 Å². The van der Waals surface area contributed by atoms with Crippen LogP contribution in [-0.2, 0) is 0 Å². The Balaban J connectivity index is 2.00. The molecular formula is C19H21NO4. The number of fused-ring (bicyclic) bond motifs is 1. The Hall–Kier alpha value is -2.56. The zero-order chi connectivity index (χ0) is 17.5. The lowest BCUT2D eigenvalue weighted by molar-refractivity contribution is 0.0956. The van der Waals surface area contributed by atoms with Crippen LogP contribution in [0.2, 0.25) is 0 Å². The first-order valence-electron chi connectivity index (χ1n) is 7.90. The number of carbonyl (C=O) groups excluding carboxylic acids is 1. The molecule has 24 heavy (non-hydrogen) atoms. The number of carbonyl (C=O) groups is 1. The van der Waals surface area contributed by atoms with Crippen molar-refractivity contribution in [2.75, 3.05) is 18.6 Å². The van der Waals surface area contributed by atoms with E-state index in [0.717, 1.165) is 11.3 Å². The number of hydrogen-bond donors (Lipinski definition) is 0. The number of nitrogens with zero attached hydrogens (tertiary/aromatic N) is 1. The quantitative estimate of drug-likeness (QED) is 0.848. The molecule has 5 nitrogen and oxygen atoms in total. The summed E-state index contributed by atoms with van der Waals surface area (Å²) in [6.45, 7) is 7.05. The van der Waals surface area contributed by atoms with Gasteiger partial charge in [-0.15, -0.1) is 0 Å². The second kappa shape index (κ2) is 5.82. The van der Waals surface area contributed by atoms with Crippen molar-refractivity contribution in [1.29, 1.82) is 0 Å². The number of methoxy groups -OCH3 is 1. The summed E-state index contributed by atoms with van der Waals surface area (Å²) in [5.74, 6) is 0.0164. The predicted molar refractivity (Wildman–Crippen MR) is 91.8 cm³/mol. The van der Waals surface area contributed by atoms with Crippen molar-refractivity contribution >= 4 is 11.6 Å². The highest BCUT2D eigenvalue weighted by Crippen LogP contribution is 2.45. The lowest BCUT2D eigenvalue weighted by Gasteiger charge is -2.27.